The first-order valence-electron chi connectivity index (χ1n) is 20.0. The van der Waals surface area contributed by atoms with Gasteiger partial charge in [-0.05, 0) is 12.8 Å². The van der Waals surface area contributed by atoms with Gasteiger partial charge in [-0.1, -0.05) is 226 Å². The fourth-order valence-corrected chi connectivity index (χ4v) is 6.26. The topological polar surface area (TPSA) is 26.3 Å². The molecule has 0 saturated heterocycles. The van der Waals surface area contributed by atoms with Crippen LogP contribution >= 0.6 is 0 Å². The van der Waals surface area contributed by atoms with Gasteiger partial charge in [0.2, 0.25) is 0 Å². The molecule has 0 aliphatic rings. The predicted molar refractivity (Wildman–Crippen MR) is 189 cm³/mol. The van der Waals surface area contributed by atoms with Crippen LogP contribution in [0.15, 0.2) is 0 Å². The van der Waals surface area contributed by atoms with Gasteiger partial charge in [-0.2, -0.15) is 0 Å². The zero-order valence-corrected chi connectivity index (χ0v) is 29.5. The van der Waals surface area contributed by atoms with E-state index < -0.39 is 0 Å². The van der Waals surface area contributed by atoms with E-state index in [-0.39, 0.29) is 5.97 Å². The highest BCUT2D eigenvalue weighted by molar-refractivity contribution is 5.69. The minimum absolute atomic E-state index is 0.0278. The van der Waals surface area contributed by atoms with Crippen LogP contribution in [0.2, 0.25) is 0 Å². The standard InChI is InChI=1S/C40H80O2/c1-3-5-7-9-11-13-15-16-17-18-19-20-21-22-23-24-25-26-27-28-29-30-32-34-36-38-40(41)42-39-37-35-33-31-14-12-10-8-6-4-2/h3-39H2,1-2H3. The molecule has 42 heavy (non-hydrogen) atoms. The third-order valence-electron chi connectivity index (χ3n) is 9.25. The van der Waals surface area contributed by atoms with Gasteiger partial charge in [0.15, 0.2) is 0 Å². The fourth-order valence-electron chi connectivity index (χ4n) is 6.26. The minimum atomic E-state index is 0.0278. The van der Waals surface area contributed by atoms with E-state index in [1.165, 1.54) is 212 Å². The molecule has 0 fully saturated rings. The van der Waals surface area contributed by atoms with Crippen molar-refractivity contribution < 1.29 is 9.53 Å². The molecule has 2 heteroatoms. The lowest BCUT2D eigenvalue weighted by molar-refractivity contribution is -0.143. The van der Waals surface area contributed by atoms with Crippen LogP contribution in [0.5, 0.6) is 0 Å². The van der Waals surface area contributed by atoms with E-state index in [4.69, 9.17) is 4.74 Å². The molecule has 0 N–H and O–H groups in total. The van der Waals surface area contributed by atoms with Crippen LogP contribution in [0.3, 0.4) is 0 Å². The van der Waals surface area contributed by atoms with Crippen LogP contribution in [0, 0.1) is 0 Å². The van der Waals surface area contributed by atoms with Gasteiger partial charge < -0.3 is 4.74 Å². The van der Waals surface area contributed by atoms with Crippen molar-refractivity contribution in [2.45, 2.75) is 245 Å². The summed E-state index contributed by atoms with van der Waals surface area (Å²) in [5.41, 5.74) is 0. The molecule has 0 aromatic carbocycles. The molecule has 0 atom stereocenters. The maximum absolute atomic E-state index is 11.9. The summed E-state index contributed by atoms with van der Waals surface area (Å²) in [7, 11) is 0. The van der Waals surface area contributed by atoms with Crippen LogP contribution in [0.4, 0.5) is 0 Å². The smallest absolute Gasteiger partial charge is 0.305 e. The highest BCUT2D eigenvalue weighted by Gasteiger charge is 2.03. The van der Waals surface area contributed by atoms with E-state index >= 15 is 0 Å². The molecule has 0 aliphatic heterocycles. The Morgan fingerprint density at radius 2 is 0.524 bits per heavy atom. The Morgan fingerprint density at radius 3 is 0.786 bits per heavy atom. The molecule has 0 bridgehead atoms. The second-order valence-corrected chi connectivity index (χ2v) is 13.6. The van der Waals surface area contributed by atoms with Crippen molar-refractivity contribution >= 4 is 5.97 Å². The second kappa shape index (κ2) is 38.5. The summed E-state index contributed by atoms with van der Waals surface area (Å²) in [6.45, 7) is 5.21. The summed E-state index contributed by atoms with van der Waals surface area (Å²) in [6.07, 6.45) is 49.1. The van der Waals surface area contributed by atoms with E-state index in [9.17, 15) is 4.79 Å². The van der Waals surface area contributed by atoms with Gasteiger partial charge in [-0.25, -0.2) is 0 Å². The maximum atomic E-state index is 11.9. The van der Waals surface area contributed by atoms with Gasteiger partial charge in [-0.3, -0.25) is 4.79 Å². The Labute approximate surface area is 266 Å². The van der Waals surface area contributed by atoms with E-state index in [2.05, 4.69) is 13.8 Å². The van der Waals surface area contributed by atoms with Crippen molar-refractivity contribution in [3.63, 3.8) is 0 Å². The Morgan fingerprint density at radius 1 is 0.310 bits per heavy atom. The van der Waals surface area contributed by atoms with Crippen LogP contribution in [0.1, 0.15) is 245 Å². The Hall–Kier alpha value is -0.530. The van der Waals surface area contributed by atoms with Crippen molar-refractivity contribution in [3.8, 4) is 0 Å². The average Bonchev–Trinajstić information content (AvgIpc) is 3.00. The van der Waals surface area contributed by atoms with Gasteiger partial charge in [0.25, 0.3) is 0 Å². The van der Waals surface area contributed by atoms with E-state index in [0.29, 0.717) is 13.0 Å². The first-order valence-corrected chi connectivity index (χ1v) is 20.0. The SMILES string of the molecule is CCCCCCCCCCCCCCCCCCCCCCCCCCCC(=O)OCCCCCCCCCCCC. The van der Waals surface area contributed by atoms with Gasteiger partial charge in [-0.15, -0.1) is 0 Å². The quantitative estimate of drug-likeness (QED) is 0.0529. The highest BCUT2D eigenvalue weighted by Crippen LogP contribution is 2.16. The number of ether oxygens (including phenoxy) is 1. The van der Waals surface area contributed by atoms with E-state index in [0.717, 1.165) is 12.8 Å². The molecular weight excluding hydrogens is 512 g/mol. The molecular formula is C40H80O2. The number of hydrogen-bond acceptors (Lipinski definition) is 2. The molecule has 0 amide bonds. The number of carbonyl (C=O) groups is 1. The number of rotatable bonds is 37. The fraction of sp³-hybridized carbons (Fsp3) is 0.975. The largest absolute Gasteiger partial charge is 0.466 e. The zero-order valence-electron chi connectivity index (χ0n) is 29.5. The molecule has 0 radical (unpaired) electrons. The van der Waals surface area contributed by atoms with Gasteiger partial charge >= 0.3 is 5.97 Å². The van der Waals surface area contributed by atoms with Gasteiger partial charge in [0.1, 0.15) is 0 Å². The summed E-state index contributed by atoms with van der Waals surface area (Å²) >= 11 is 0. The Bertz CT molecular complexity index is 488. The summed E-state index contributed by atoms with van der Waals surface area (Å²) in [5, 5.41) is 0. The van der Waals surface area contributed by atoms with Crippen LogP contribution in [0.25, 0.3) is 0 Å². The molecule has 252 valence electrons. The first-order chi connectivity index (χ1) is 20.8. The normalized spacial score (nSPS) is 11.4. The predicted octanol–water partition coefficient (Wildman–Crippen LogP) is 14.6. The average molecular weight is 593 g/mol. The van der Waals surface area contributed by atoms with Crippen molar-refractivity contribution in [3.05, 3.63) is 0 Å². The molecule has 2 nitrogen and oxygen atoms in total. The van der Waals surface area contributed by atoms with E-state index in [1.807, 2.05) is 0 Å². The molecule has 0 unspecified atom stereocenters. The van der Waals surface area contributed by atoms with Crippen molar-refractivity contribution in [1.82, 2.24) is 0 Å². The van der Waals surface area contributed by atoms with Crippen LogP contribution in [-0.2, 0) is 9.53 Å². The van der Waals surface area contributed by atoms with Crippen molar-refractivity contribution in [1.29, 1.82) is 0 Å². The summed E-state index contributed by atoms with van der Waals surface area (Å²) < 4.78 is 5.43. The maximum Gasteiger partial charge on any atom is 0.305 e. The van der Waals surface area contributed by atoms with Crippen molar-refractivity contribution in [2.24, 2.45) is 0 Å². The molecule has 0 aromatic heterocycles. The molecule has 0 aliphatic carbocycles. The van der Waals surface area contributed by atoms with E-state index in [1.54, 1.807) is 0 Å². The van der Waals surface area contributed by atoms with Crippen molar-refractivity contribution in [2.75, 3.05) is 6.61 Å². The molecule has 0 spiro atoms. The molecule has 0 aromatic rings. The lowest BCUT2D eigenvalue weighted by Crippen LogP contribution is -2.05. The lowest BCUT2D eigenvalue weighted by Gasteiger charge is -2.06. The molecule has 0 rings (SSSR count). The summed E-state index contributed by atoms with van der Waals surface area (Å²) in [4.78, 5) is 11.9. The zero-order chi connectivity index (χ0) is 30.4. The third kappa shape index (κ3) is 37.5. The third-order valence-corrected chi connectivity index (χ3v) is 9.25. The van der Waals surface area contributed by atoms with Gasteiger partial charge in [0.05, 0.1) is 6.61 Å². The highest BCUT2D eigenvalue weighted by atomic mass is 16.5. The van der Waals surface area contributed by atoms with Gasteiger partial charge in [0, 0.05) is 6.42 Å². The number of unbranched alkanes of at least 4 members (excludes halogenated alkanes) is 33. The Balaban J connectivity index is 3.12. The minimum Gasteiger partial charge on any atom is -0.466 e. The second-order valence-electron chi connectivity index (χ2n) is 13.6. The number of hydrogen-bond donors (Lipinski definition) is 0. The summed E-state index contributed by atoms with van der Waals surface area (Å²) in [6, 6.07) is 0. The number of esters is 1. The van der Waals surface area contributed by atoms with Crippen LogP contribution < -0.4 is 0 Å². The molecule has 0 saturated carbocycles. The van der Waals surface area contributed by atoms with Crippen LogP contribution in [-0.4, -0.2) is 12.6 Å². The first kappa shape index (κ1) is 41.5. The lowest BCUT2D eigenvalue weighted by atomic mass is 10.0. The molecule has 0 heterocycles. The summed E-state index contributed by atoms with van der Waals surface area (Å²) in [5.74, 6) is 0.0278. The number of carbonyl (C=O) groups excluding carboxylic acids is 1. The Kier molecular flexibility index (Phi) is 38.0. The monoisotopic (exact) mass is 593 g/mol.